The topological polar surface area (TPSA) is 158 Å². The third-order valence-electron chi connectivity index (χ3n) is 5.76. The molecule has 0 spiro atoms. The standard InChI is InChI=1S/C24H33FN3O9PS/c1-15(2)35-21(31)17(11-13-39-4)27-38(33,37-16-8-6-5-7-9-16)34-14-18-20(30)24(3,25)22(36-18)28-12-10-19(29)26-23(28)32/h5-10,12,15,17-18,20,22,30H,11,13-14H2,1-4H3,(H,27,33)(H,26,29,32)/t17-,18+,20+,22+,24-,38?/m0/s1. The Hall–Kier alpha value is -2.48. The van der Waals surface area contributed by atoms with Gasteiger partial charge < -0.3 is 19.1 Å². The van der Waals surface area contributed by atoms with Gasteiger partial charge in [0.1, 0.15) is 24.0 Å². The van der Waals surface area contributed by atoms with Crippen LogP contribution in [0.2, 0.25) is 0 Å². The van der Waals surface area contributed by atoms with E-state index in [9.17, 15) is 24.1 Å². The van der Waals surface area contributed by atoms with E-state index < -0.39 is 67.8 Å². The van der Waals surface area contributed by atoms with Crippen LogP contribution >= 0.6 is 19.5 Å². The predicted molar refractivity (Wildman–Crippen MR) is 143 cm³/mol. The SMILES string of the molecule is CSCC[C@H](NP(=O)(OC[C@H]1O[C@@H](n2ccc(=O)[nH]c2=O)[C@@](C)(F)[C@@H]1O)Oc1ccccc1)C(=O)OC(C)C. The molecule has 2 heterocycles. The molecule has 39 heavy (non-hydrogen) atoms. The van der Waals surface area contributed by atoms with E-state index in [1.165, 1.54) is 23.9 Å². The summed E-state index contributed by atoms with van der Waals surface area (Å²) in [6, 6.07) is 8.00. The van der Waals surface area contributed by atoms with Crippen molar-refractivity contribution < 1.29 is 37.4 Å². The van der Waals surface area contributed by atoms with E-state index in [0.29, 0.717) is 5.75 Å². The average molecular weight is 590 g/mol. The second-order valence-electron chi connectivity index (χ2n) is 9.29. The van der Waals surface area contributed by atoms with Gasteiger partial charge >= 0.3 is 19.4 Å². The molecule has 0 radical (unpaired) electrons. The van der Waals surface area contributed by atoms with Crippen LogP contribution in [0.25, 0.3) is 0 Å². The van der Waals surface area contributed by atoms with Crippen LogP contribution in [-0.2, 0) is 23.4 Å². The van der Waals surface area contributed by atoms with Gasteiger partial charge in [-0.15, -0.1) is 0 Å². The number of hydrogen-bond donors (Lipinski definition) is 3. The molecule has 216 valence electrons. The van der Waals surface area contributed by atoms with Crippen LogP contribution in [0.3, 0.4) is 0 Å². The number of ether oxygens (including phenoxy) is 2. The van der Waals surface area contributed by atoms with E-state index >= 15 is 4.39 Å². The van der Waals surface area contributed by atoms with Crippen molar-refractivity contribution in [3.8, 4) is 5.75 Å². The maximum Gasteiger partial charge on any atom is 0.459 e. The lowest BCUT2D eigenvalue weighted by atomic mass is 9.98. The molecule has 12 nitrogen and oxygen atoms in total. The third kappa shape index (κ3) is 8.03. The molecule has 3 rings (SSSR count). The number of aliphatic hydroxyl groups is 1. The maximum atomic E-state index is 15.6. The number of rotatable bonds is 13. The molecule has 1 saturated heterocycles. The Kier molecular flexibility index (Phi) is 10.5. The summed E-state index contributed by atoms with van der Waals surface area (Å²) in [6.45, 7) is 3.74. The molecule has 0 saturated carbocycles. The first-order valence-corrected chi connectivity index (χ1v) is 15.1. The summed E-state index contributed by atoms with van der Waals surface area (Å²) in [4.78, 5) is 38.4. The summed E-state index contributed by atoms with van der Waals surface area (Å²) in [5, 5.41) is 13.3. The lowest BCUT2D eigenvalue weighted by Crippen LogP contribution is -2.44. The monoisotopic (exact) mass is 589 g/mol. The first-order chi connectivity index (χ1) is 18.4. The number of carbonyl (C=O) groups excluding carboxylic acids is 1. The fraction of sp³-hybridized carbons (Fsp3) is 0.542. The Morgan fingerprint density at radius 2 is 2.00 bits per heavy atom. The van der Waals surface area contributed by atoms with Crippen molar-refractivity contribution in [1.82, 2.24) is 14.6 Å². The number of nitrogens with zero attached hydrogens (tertiary/aromatic N) is 1. The van der Waals surface area contributed by atoms with Gasteiger partial charge in [-0.05, 0) is 51.3 Å². The van der Waals surface area contributed by atoms with E-state index in [0.717, 1.165) is 23.8 Å². The third-order valence-corrected chi connectivity index (χ3v) is 7.97. The van der Waals surface area contributed by atoms with Crippen LogP contribution in [0.15, 0.2) is 52.2 Å². The van der Waals surface area contributed by atoms with Crippen molar-refractivity contribution in [3.63, 3.8) is 0 Å². The number of H-pyrrole nitrogens is 1. The molecular weight excluding hydrogens is 556 g/mol. The van der Waals surface area contributed by atoms with Crippen LogP contribution in [0.1, 0.15) is 33.4 Å². The molecule has 0 aliphatic carbocycles. The van der Waals surface area contributed by atoms with Crippen LogP contribution < -0.4 is 20.9 Å². The molecule has 3 N–H and O–H groups in total. The number of alkyl halides is 1. The highest BCUT2D eigenvalue weighted by Gasteiger charge is 2.56. The second kappa shape index (κ2) is 13.2. The quantitative estimate of drug-likeness (QED) is 0.233. The molecule has 15 heteroatoms. The molecule has 1 unspecified atom stereocenters. The van der Waals surface area contributed by atoms with Crippen LogP contribution in [-0.4, -0.2) is 69.3 Å². The largest absolute Gasteiger partial charge is 0.462 e. The van der Waals surface area contributed by atoms with Gasteiger partial charge in [-0.1, -0.05) is 18.2 Å². The highest BCUT2D eigenvalue weighted by Crippen LogP contribution is 2.47. The van der Waals surface area contributed by atoms with Crippen LogP contribution in [0, 0.1) is 0 Å². The molecule has 1 aromatic carbocycles. The number of esters is 1. The number of carbonyl (C=O) groups is 1. The fourth-order valence-electron chi connectivity index (χ4n) is 3.82. The molecule has 1 fully saturated rings. The van der Waals surface area contributed by atoms with Crippen molar-refractivity contribution in [2.45, 2.75) is 63.4 Å². The Morgan fingerprint density at radius 1 is 1.31 bits per heavy atom. The van der Waals surface area contributed by atoms with Gasteiger partial charge in [0, 0.05) is 12.3 Å². The van der Waals surface area contributed by atoms with Gasteiger partial charge in [-0.2, -0.15) is 16.8 Å². The first kappa shape index (κ1) is 31.1. The van der Waals surface area contributed by atoms with Crippen molar-refractivity contribution in [2.75, 3.05) is 18.6 Å². The van der Waals surface area contributed by atoms with E-state index in [1.54, 1.807) is 32.0 Å². The number of nitrogens with one attached hydrogen (secondary N) is 2. The first-order valence-electron chi connectivity index (χ1n) is 12.2. The Balaban J connectivity index is 1.84. The molecule has 0 amide bonds. The van der Waals surface area contributed by atoms with Gasteiger partial charge in [0.25, 0.3) is 5.56 Å². The summed E-state index contributed by atoms with van der Waals surface area (Å²) in [5.74, 6) is 0.0248. The number of halogens is 1. The number of para-hydroxylation sites is 1. The second-order valence-corrected chi connectivity index (χ2v) is 12.0. The Bertz CT molecular complexity index is 1270. The zero-order valence-corrected chi connectivity index (χ0v) is 23.7. The minimum atomic E-state index is -4.35. The smallest absolute Gasteiger partial charge is 0.459 e. The molecule has 1 aliphatic rings. The van der Waals surface area contributed by atoms with E-state index in [4.69, 9.17) is 18.5 Å². The number of aromatic nitrogens is 2. The summed E-state index contributed by atoms with van der Waals surface area (Å²) in [5.41, 5.74) is -4.12. The van der Waals surface area contributed by atoms with E-state index in [2.05, 4.69) is 5.09 Å². The number of aromatic amines is 1. The van der Waals surface area contributed by atoms with E-state index in [-0.39, 0.29) is 12.2 Å². The van der Waals surface area contributed by atoms with Crippen LogP contribution in [0.5, 0.6) is 5.75 Å². The number of hydrogen-bond acceptors (Lipinski definition) is 10. The molecule has 6 atom stereocenters. The molecule has 2 aromatic rings. The molecule has 0 bridgehead atoms. The normalized spacial score (nSPS) is 25.3. The Labute approximate surface area is 228 Å². The highest BCUT2D eigenvalue weighted by molar-refractivity contribution is 7.98. The van der Waals surface area contributed by atoms with Gasteiger partial charge in [0.05, 0.1) is 12.7 Å². The number of aliphatic hydroxyl groups excluding tert-OH is 1. The Morgan fingerprint density at radius 3 is 2.62 bits per heavy atom. The summed E-state index contributed by atoms with van der Waals surface area (Å²) in [6.07, 6.45) is -2.14. The van der Waals surface area contributed by atoms with Gasteiger partial charge in [0.2, 0.25) is 0 Å². The minimum absolute atomic E-state index is 0.162. The average Bonchev–Trinajstić information content (AvgIpc) is 3.09. The lowest BCUT2D eigenvalue weighted by molar-refractivity contribution is -0.149. The molecular formula is C24H33FN3O9PS. The highest BCUT2D eigenvalue weighted by atomic mass is 32.2. The summed E-state index contributed by atoms with van der Waals surface area (Å²) >= 11 is 1.47. The molecule has 1 aromatic heterocycles. The van der Waals surface area contributed by atoms with Gasteiger partial charge in [-0.3, -0.25) is 23.7 Å². The van der Waals surface area contributed by atoms with Gasteiger partial charge in [0.15, 0.2) is 11.9 Å². The summed E-state index contributed by atoms with van der Waals surface area (Å²) < 4.78 is 52.4. The maximum absolute atomic E-state index is 15.6. The predicted octanol–water partition coefficient (Wildman–Crippen LogP) is 2.39. The van der Waals surface area contributed by atoms with Crippen LogP contribution in [0.4, 0.5) is 4.39 Å². The zero-order valence-electron chi connectivity index (χ0n) is 21.9. The van der Waals surface area contributed by atoms with Gasteiger partial charge in [-0.25, -0.2) is 13.8 Å². The molecule has 1 aliphatic heterocycles. The van der Waals surface area contributed by atoms with E-state index in [1.807, 2.05) is 11.2 Å². The number of benzene rings is 1. The van der Waals surface area contributed by atoms with Crippen molar-refractivity contribution in [3.05, 3.63) is 63.4 Å². The zero-order chi connectivity index (χ0) is 28.8. The lowest BCUT2D eigenvalue weighted by Gasteiger charge is -2.26. The number of thioether (sulfide) groups is 1. The fourth-order valence-corrected chi connectivity index (χ4v) is 5.83. The minimum Gasteiger partial charge on any atom is -0.462 e. The summed E-state index contributed by atoms with van der Waals surface area (Å²) in [7, 11) is -4.35. The van der Waals surface area contributed by atoms with Crippen molar-refractivity contribution in [2.24, 2.45) is 0 Å². The van der Waals surface area contributed by atoms with Crippen molar-refractivity contribution in [1.29, 1.82) is 0 Å². The van der Waals surface area contributed by atoms with Crippen molar-refractivity contribution >= 4 is 25.5 Å².